The molecule has 0 aliphatic heterocycles. The summed E-state index contributed by atoms with van der Waals surface area (Å²) in [7, 11) is 1.56. The smallest absolute Gasteiger partial charge is 0.325 e. The Balaban J connectivity index is 2.23. The Labute approximate surface area is 135 Å². The SMILES string of the molecule is COCCOCC(=O)NC1CCC(C(=O)N[C@@H](C)C(=O)O)CC1. The zero-order valence-corrected chi connectivity index (χ0v) is 13.7. The lowest BCUT2D eigenvalue weighted by molar-refractivity contribution is -0.142. The van der Waals surface area contributed by atoms with Crippen LogP contribution in [0.5, 0.6) is 0 Å². The summed E-state index contributed by atoms with van der Waals surface area (Å²) in [5.74, 6) is -1.64. The quantitative estimate of drug-likeness (QED) is 0.509. The van der Waals surface area contributed by atoms with E-state index in [0.29, 0.717) is 38.9 Å². The lowest BCUT2D eigenvalue weighted by atomic mass is 9.85. The minimum atomic E-state index is -1.05. The summed E-state index contributed by atoms with van der Waals surface area (Å²) < 4.78 is 9.96. The molecule has 1 fully saturated rings. The Kier molecular flexibility index (Phi) is 8.57. The molecule has 0 spiro atoms. The summed E-state index contributed by atoms with van der Waals surface area (Å²) >= 11 is 0. The number of carbonyl (C=O) groups is 3. The lowest BCUT2D eigenvalue weighted by Gasteiger charge is -2.28. The van der Waals surface area contributed by atoms with Crippen LogP contribution < -0.4 is 10.6 Å². The molecule has 1 aliphatic carbocycles. The molecular formula is C15H26N2O6. The summed E-state index contributed by atoms with van der Waals surface area (Å²) in [6.45, 7) is 2.26. The van der Waals surface area contributed by atoms with E-state index in [4.69, 9.17) is 14.6 Å². The van der Waals surface area contributed by atoms with Crippen molar-refractivity contribution in [1.29, 1.82) is 0 Å². The number of rotatable bonds is 9. The van der Waals surface area contributed by atoms with Gasteiger partial charge in [0.25, 0.3) is 0 Å². The second kappa shape index (κ2) is 10.2. The van der Waals surface area contributed by atoms with Crippen molar-refractivity contribution in [1.82, 2.24) is 10.6 Å². The topological polar surface area (TPSA) is 114 Å². The van der Waals surface area contributed by atoms with E-state index < -0.39 is 12.0 Å². The molecule has 0 saturated heterocycles. The molecule has 132 valence electrons. The molecule has 0 aromatic carbocycles. The first kappa shape index (κ1) is 19.4. The maximum atomic E-state index is 12.0. The van der Waals surface area contributed by atoms with Gasteiger partial charge >= 0.3 is 5.97 Å². The van der Waals surface area contributed by atoms with Crippen molar-refractivity contribution >= 4 is 17.8 Å². The molecule has 0 heterocycles. The number of aliphatic carboxylic acids is 1. The number of methoxy groups -OCH3 is 1. The number of amides is 2. The van der Waals surface area contributed by atoms with Crippen molar-refractivity contribution in [3.63, 3.8) is 0 Å². The number of hydrogen-bond acceptors (Lipinski definition) is 5. The zero-order valence-electron chi connectivity index (χ0n) is 13.7. The molecule has 0 radical (unpaired) electrons. The first-order chi connectivity index (χ1) is 10.9. The van der Waals surface area contributed by atoms with Gasteiger partial charge in [-0.05, 0) is 32.6 Å². The van der Waals surface area contributed by atoms with Crippen LogP contribution in [-0.2, 0) is 23.9 Å². The maximum absolute atomic E-state index is 12.0. The molecule has 1 aliphatic rings. The summed E-state index contributed by atoms with van der Waals surface area (Å²) in [6, 6.07) is -0.848. The fourth-order valence-corrected chi connectivity index (χ4v) is 2.47. The second-order valence-electron chi connectivity index (χ2n) is 5.73. The van der Waals surface area contributed by atoms with E-state index in [1.54, 1.807) is 7.11 Å². The van der Waals surface area contributed by atoms with Gasteiger partial charge in [-0.15, -0.1) is 0 Å². The molecule has 23 heavy (non-hydrogen) atoms. The summed E-state index contributed by atoms with van der Waals surface area (Å²) in [4.78, 5) is 34.4. The van der Waals surface area contributed by atoms with Crippen LogP contribution in [0, 0.1) is 5.92 Å². The van der Waals surface area contributed by atoms with Gasteiger partial charge in [-0.25, -0.2) is 0 Å². The average Bonchev–Trinajstić information content (AvgIpc) is 2.52. The van der Waals surface area contributed by atoms with Gasteiger partial charge in [0, 0.05) is 19.1 Å². The van der Waals surface area contributed by atoms with E-state index in [0.717, 1.165) is 0 Å². The Morgan fingerprint density at radius 1 is 1.17 bits per heavy atom. The second-order valence-corrected chi connectivity index (χ2v) is 5.73. The number of nitrogens with one attached hydrogen (secondary N) is 2. The fraction of sp³-hybridized carbons (Fsp3) is 0.800. The van der Waals surface area contributed by atoms with Gasteiger partial charge < -0.3 is 25.2 Å². The Morgan fingerprint density at radius 2 is 1.83 bits per heavy atom. The molecule has 1 saturated carbocycles. The van der Waals surface area contributed by atoms with Gasteiger partial charge in [-0.1, -0.05) is 0 Å². The standard InChI is InChI=1S/C15H26N2O6/c1-10(15(20)21)16-14(19)11-3-5-12(6-4-11)17-13(18)9-23-8-7-22-2/h10-12H,3-9H2,1-2H3,(H,16,19)(H,17,18)(H,20,21)/t10-,11?,12?/m0/s1. The van der Waals surface area contributed by atoms with Crippen molar-refractivity contribution < 1.29 is 29.0 Å². The third kappa shape index (κ3) is 7.43. The molecule has 8 heteroatoms. The molecule has 0 bridgehead atoms. The molecule has 8 nitrogen and oxygen atoms in total. The van der Waals surface area contributed by atoms with E-state index in [2.05, 4.69) is 10.6 Å². The van der Waals surface area contributed by atoms with Crippen LogP contribution in [0.25, 0.3) is 0 Å². The average molecular weight is 330 g/mol. The highest BCUT2D eigenvalue weighted by molar-refractivity contribution is 5.84. The molecule has 0 aromatic rings. The molecular weight excluding hydrogens is 304 g/mol. The van der Waals surface area contributed by atoms with Gasteiger partial charge in [0.05, 0.1) is 13.2 Å². The van der Waals surface area contributed by atoms with Crippen LogP contribution in [0.2, 0.25) is 0 Å². The van der Waals surface area contributed by atoms with Crippen molar-refractivity contribution in [2.45, 2.75) is 44.7 Å². The van der Waals surface area contributed by atoms with Crippen LogP contribution in [0.4, 0.5) is 0 Å². The van der Waals surface area contributed by atoms with Crippen molar-refractivity contribution in [2.24, 2.45) is 5.92 Å². The van der Waals surface area contributed by atoms with Gasteiger partial charge in [-0.3, -0.25) is 14.4 Å². The fourth-order valence-electron chi connectivity index (χ4n) is 2.47. The molecule has 0 unspecified atom stereocenters. The zero-order chi connectivity index (χ0) is 17.2. The molecule has 1 rings (SSSR count). The summed E-state index contributed by atoms with van der Waals surface area (Å²) in [5, 5.41) is 14.2. The molecule has 2 amide bonds. The van der Waals surface area contributed by atoms with Crippen LogP contribution in [0.1, 0.15) is 32.6 Å². The number of hydrogen-bond donors (Lipinski definition) is 3. The largest absolute Gasteiger partial charge is 0.480 e. The van der Waals surface area contributed by atoms with Crippen molar-refractivity contribution in [3.8, 4) is 0 Å². The van der Waals surface area contributed by atoms with Crippen molar-refractivity contribution in [2.75, 3.05) is 26.9 Å². The van der Waals surface area contributed by atoms with Crippen LogP contribution >= 0.6 is 0 Å². The Morgan fingerprint density at radius 3 is 2.39 bits per heavy atom. The molecule has 0 aromatic heterocycles. The predicted molar refractivity (Wildman–Crippen MR) is 81.8 cm³/mol. The van der Waals surface area contributed by atoms with E-state index in [1.807, 2.05) is 0 Å². The number of carbonyl (C=O) groups excluding carboxylic acids is 2. The minimum Gasteiger partial charge on any atom is -0.480 e. The number of carboxylic acid groups (broad SMARTS) is 1. The van der Waals surface area contributed by atoms with Gasteiger partial charge in [-0.2, -0.15) is 0 Å². The van der Waals surface area contributed by atoms with E-state index >= 15 is 0 Å². The Hall–Kier alpha value is -1.67. The highest BCUT2D eigenvalue weighted by Crippen LogP contribution is 2.24. The van der Waals surface area contributed by atoms with Gasteiger partial charge in [0.1, 0.15) is 12.6 Å². The highest BCUT2D eigenvalue weighted by atomic mass is 16.5. The highest BCUT2D eigenvalue weighted by Gasteiger charge is 2.28. The monoisotopic (exact) mass is 330 g/mol. The van der Waals surface area contributed by atoms with Crippen molar-refractivity contribution in [3.05, 3.63) is 0 Å². The first-order valence-electron chi connectivity index (χ1n) is 7.83. The van der Waals surface area contributed by atoms with E-state index in [1.165, 1.54) is 6.92 Å². The number of carboxylic acids is 1. The van der Waals surface area contributed by atoms with Crippen LogP contribution in [-0.4, -0.2) is 61.9 Å². The normalized spacial score (nSPS) is 22.2. The first-order valence-corrected chi connectivity index (χ1v) is 7.83. The van der Waals surface area contributed by atoms with Crippen LogP contribution in [0.3, 0.4) is 0 Å². The minimum absolute atomic E-state index is 0.0000983. The summed E-state index contributed by atoms with van der Waals surface area (Å²) in [6.07, 6.45) is 2.66. The van der Waals surface area contributed by atoms with Gasteiger partial charge in [0.15, 0.2) is 0 Å². The van der Waals surface area contributed by atoms with E-state index in [-0.39, 0.29) is 30.4 Å². The third-order valence-electron chi connectivity index (χ3n) is 3.86. The van der Waals surface area contributed by atoms with E-state index in [9.17, 15) is 14.4 Å². The van der Waals surface area contributed by atoms with Gasteiger partial charge in [0.2, 0.25) is 11.8 Å². The maximum Gasteiger partial charge on any atom is 0.325 e. The predicted octanol–water partition coefficient (Wildman–Crippen LogP) is -0.0863. The Bertz CT molecular complexity index is 407. The summed E-state index contributed by atoms with van der Waals surface area (Å²) in [5.41, 5.74) is 0. The third-order valence-corrected chi connectivity index (χ3v) is 3.86. The lowest BCUT2D eigenvalue weighted by Crippen LogP contribution is -2.45. The molecule has 1 atom stereocenters. The molecule has 3 N–H and O–H groups in total. The van der Waals surface area contributed by atoms with Crippen LogP contribution in [0.15, 0.2) is 0 Å². The number of ether oxygens (including phenoxy) is 2.